The van der Waals surface area contributed by atoms with Crippen molar-refractivity contribution in [2.75, 3.05) is 33.4 Å². The van der Waals surface area contributed by atoms with Crippen LogP contribution in [0.15, 0.2) is 0 Å². The predicted molar refractivity (Wildman–Crippen MR) is 69.9 cm³/mol. The van der Waals surface area contributed by atoms with Gasteiger partial charge in [-0.1, -0.05) is 0 Å². The van der Waals surface area contributed by atoms with Crippen molar-refractivity contribution in [1.82, 2.24) is 10.2 Å². The predicted octanol–water partition coefficient (Wildman–Crippen LogP) is 0.197. The third kappa shape index (κ3) is 7.31. The summed E-state index contributed by atoms with van der Waals surface area (Å²) < 4.78 is 5.06. The van der Waals surface area contributed by atoms with Crippen LogP contribution in [0.3, 0.4) is 0 Å². The molecule has 0 saturated carbocycles. The van der Waals surface area contributed by atoms with E-state index < -0.39 is 0 Å². The molecule has 5 heteroatoms. The number of nitrogens with one attached hydrogen (secondary N) is 1. The average Bonchev–Trinajstić information content (AvgIpc) is 2.27. The fraction of sp³-hybridized carbons (Fsp3) is 0.917. The van der Waals surface area contributed by atoms with Crippen molar-refractivity contribution < 1.29 is 9.53 Å². The SMILES string of the molecule is COCCN(CCCN)C(C)C(=O)NC(C)C. The number of ether oxygens (including phenoxy) is 1. The van der Waals surface area contributed by atoms with Gasteiger partial charge >= 0.3 is 0 Å². The lowest BCUT2D eigenvalue weighted by atomic mass is 10.2. The normalized spacial score (nSPS) is 13.1. The molecule has 0 aromatic carbocycles. The minimum absolute atomic E-state index is 0.0631. The van der Waals surface area contributed by atoms with E-state index in [1.807, 2.05) is 20.8 Å². The van der Waals surface area contributed by atoms with E-state index in [1.165, 1.54) is 0 Å². The van der Waals surface area contributed by atoms with Crippen LogP contribution in [0.1, 0.15) is 27.2 Å². The van der Waals surface area contributed by atoms with Gasteiger partial charge in [-0.05, 0) is 33.7 Å². The maximum Gasteiger partial charge on any atom is 0.237 e. The van der Waals surface area contributed by atoms with Crippen LogP contribution < -0.4 is 11.1 Å². The van der Waals surface area contributed by atoms with Gasteiger partial charge < -0.3 is 15.8 Å². The molecular weight excluding hydrogens is 218 g/mol. The summed E-state index contributed by atoms with van der Waals surface area (Å²) in [5, 5.41) is 2.92. The van der Waals surface area contributed by atoms with E-state index in [2.05, 4.69) is 10.2 Å². The highest BCUT2D eigenvalue weighted by Crippen LogP contribution is 2.01. The summed E-state index contributed by atoms with van der Waals surface area (Å²) in [5.41, 5.74) is 5.50. The van der Waals surface area contributed by atoms with Crippen LogP contribution in [-0.4, -0.2) is 56.2 Å². The summed E-state index contributed by atoms with van der Waals surface area (Å²) in [6.07, 6.45) is 0.892. The number of carbonyl (C=O) groups excluding carboxylic acids is 1. The van der Waals surface area contributed by atoms with Gasteiger partial charge in [-0.2, -0.15) is 0 Å². The molecular formula is C12H27N3O2. The summed E-state index contributed by atoms with van der Waals surface area (Å²) in [5.74, 6) is 0.0631. The first-order valence-corrected chi connectivity index (χ1v) is 6.26. The lowest BCUT2D eigenvalue weighted by Gasteiger charge is -2.28. The Morgan fingerprint density at radius 1 is 1.35 bits per heavy atom. The molecule has 0 aromatic rings. The van der Waals surface area contributed by atoms with Gasteiger partial charge in [0.2, 0.25) is 5.91 Å². The molecule has 0 saturated heterocycles. The molecule has 1 atom stereocenters. The first kappa shape index (κ1) is 16.4. The molecule has 17 heavy (non-hydrogen) atoms. The van der Waals surface area contributed by atoms with Gasteiger partial charge in [0.25, 0.3) is 0 Å². The molecule has 0 radical (unpaired) electrons. The molecule has 0 bridgehead atoms. The Bertz CT molecular complexity index is 202. The van der Waals surface area contributed by atoms with Crippen LogP contribution in [0.5, 0.6) is 0 Å². The van der Waals surface area contributed by atoms with E-state index in [0.717, 1.165) is 19.5 Å². The van der Waals surface area contributed by atoms with Crippen LogP contribution >= 0.6 is 0 Å². The van der Waals surface area contributed by atoms with Crippen LogP contribution in [0.25, 0.3) is 0 Å². The maximum absolute atomic E-state index is 11.9. The van der Waals surface area contributed by atoms with Gasteiger partial charge in [0, 0.05) is 26.2 Å². The molecule has 1 unspecified atom stereocenters. The monoisotopic (exact) mass is 245 g/mol. The van der Waals surface area contributed by atoms with E-state index in [1.54, 1.807) is 7.11 Å². The van der Waals surface area contributed by atoms with Crippen LogP contribution in [-0.2, 0) is 9.53 Å². The van der Waals surface area contributed by atoms with Gasteiger partial charge in [-0.15, -0.1) is 0 Å². The molecule has 0 aliphatic heterocycles. The maximum atomic E-state index is 11.9. The van der Waals surface area contributed by atoms with Crippen molar-refractivity contribution in [1.29, 1.82) is 0 Å². The molecule has 1 amide bonds. The molecule has 0 aliphatic rings. The van der Waals surface area contributed by atoms with Crippen molar-refractivity contribution >= 4 is 5.91 Å². The fourth-order valence-corrected chi connectivity index (χ4v) is 1.57. The number of amides is 1. The first-order valence-electron chi connectivity index (χ1n) is 6.26. The summed E-state index contributed by atoms with van der Waals surface area (Å²) >= 11 is 0. The highest BCUT2D eigenvalue weighted by atomic mass is 16.5. The van der Waals surface area contributed by atoms with E-state index in [9.17, 15) is 4.79 Å². The third-order valence-electron chi connectivity index (χ3n) is 2.59. The number of hydrogen-bond acceptors (Lipinski definition) is 4. The second kappa shape index (κ2) is 9.39. The zero-order valence-corrected chi connectivity index (χ0v) is 11.5. The molecule has 0 fully saturated rings. The van der Waals surface area contributed by atoms with E-state index in [4.69, 9.17) is 10.5 Å². The molecule has 0 aromatic heterocycles. The quantitative estimate of drug-likeness (QED) is 0.609. The minimum Gasteiger partial charge on any atom is -0.383 e. The number of hydrogen-bond donors (Lipinski definition) is 2. The van der Waals surface area contributed by atoms with E-state index in [-0.39, 0.29) is 18.0 Å². The third-order valence-corrected chi connectivity index (χ3v) is 2.59. The zero-order chi connectivity index (χ0) is 13.3. The van der Waals surface area contributed by atoms with Crippen molar-refractivity contribution in [2.24, 2.45) is 5.73 Å². The Balaban J connectivity index is 4.27. The minimum atomic E-state index is -0.140. The van der Waals surface area contributed by atoms with Crippen LogP contribution in [0.2, 0.25) is 0 Å². The summed E-state index contributed by atoms with van der Waals surface area (Å²) in [6, 6.07) is 0.0304. The molecule has 0 rings (SSSR count). The number of nitrogens with zero attached hydrogens (tertiary/aromatic N) is 1. The van der Waals surface area contributed by atoms with Crippen LogP contribution in [0, 0.1) is 0 Å². The highest BCUT2D eigenvalue weighted by Gasteiger charge is 2.20. The summed E-state index contributed by atoms with van der Waals surface area (Å²) in [4.78, 5) is 14.0. The Labute approximate surface area is 105 Å². The molecule has 102 valence electrons. The number of methoxy groups -OCH3 is 1. The zero-order valence-electron chi connectivity index (χ0n) is 11.5. The van der Waals surface area contributed by atoms with Crippen LogP contribution in [0.4, 0.5) is 0 Å². The number of rotatable bonds is 9. The van der Waals surface area contributed by atoms with Gasteiger partial charge in [0.15, 0.2) is 0 Å². The first-order chi connectivity index (χ1) is 8.02. The van der Waals surface area contributed by atoms with Crippen molar-refractivity contribution in [3.05, 3.63) is 0 Å². The molecule has 0 spiro atoms. The lowest BCUT2D eigenvalue weighted by Crippen LogP contribution is -2.48. The van der Waals surface area contributed by atoms with E-state index in [0.29, 0.717) is 13.2 Å². The topological polar surface area (TPSA) is 67.6 Å². The smallest absolute Gasteiger partial charge is 0.237 e. The number of nitrogens with two attached hydrogens (primary N) is 1. The molecule has 5 nitrogen and oxygen atoms in total. The second-order valence-electron chi connectivity index (χ2n) is 4.51. The van der Waals surface area contributed by atoms with Crippen molar-refractivity contribution in [2.45, 2.75) is 39.3 Å². The summed E-state index contributed by atoms with van der Waals surface area (Å²) in [6.45, 7) is 8.69. The van der Waals surface area contributed by atoms with Crippen molar-refractivity contribution in [3.8, 4) is 0 Å². The lowest BCUT2D eigenvalue weighted by molar-refractivity contribution is -0.126. The Kier molecular flexibility index (Phi) is 9.03. The van der Waals surface area contributed by atoms with Crippen molar-refractivity contribution in [3.63, 3.8) is 0 Å². The molecule has 0 heterocycles. The average molecular weight is 245 g/mol. The van der Waals surface area contributed by atoms with Gasteiger partial charge in [-0.3, -0.25) is 9.69 Å². The largest absolute Gasteiger partial charge is 0.383 e. The Morgan fingerprint density at radius 2 is 2.00 bits per heavy atom. The summed E-state index contributed by atoms with van der Waals surface area (Å²) in [7, 11) is 1.67. The highest BCUT2D eigenvalue weighted by molar-refractivity contribution is 5.81. The van der Waals surface area contributed by atoms with E-state index >= 15 is 0 Å². The van der Waals surface area contributed by atoms with Gasteiger partial charge in [0.1, 0.15) is 0 Å². The second-order valence-corrected chi connectivity index (χ2v) is 4.51. The van der Waals surface area contributed by atoms with Gasteiger partial charge in [0.05, 0.1) is 12.6 Å². The van der Waals surface area contributed by atoms with Gasteiger partial charge in [-0.25, -0.2) is 0 Å². The molecule has 3 N–H and O–H groups in total. The fourth-order valence-electron chi connectivity index (χ4n) is 1.57. The molecule has 0 aliphatic carbocycles. The Morgan fingerprint density at radius 3 is 2.47 bits per heavy atom. The Hall–Kier alpha value is -0.650. The standard InChI is InChI=1S/C12H27N3O2/c1-10(2)14-12(16)11(3)15(7-5-6-13)8-9-17-4/h10-11H,5-9,13H2,1-4H3,(H,14,16). The number of carbonyl (C=O) groups is 1.